The van der Waals surface area contributed by atoms with Crippen molar-refractivity contribution in [1.82, 2.24) is 14.3 Å². The maximum absolute atomic E-state index is 14.7. The number of anilines is 1. The van der Waals surface area contributed by atoms with Crippen LogP contribution in [-0.4, -0.2) is 45.4 Å². The second-order valence-corrected chi connectivity index (χ2v) is 12.6. The molecule has 4 aromatic rings. The fourth-order valence-electron chi connectivity index (χ4n) is 4.68. The summed E-state index contributed by atoms with van der Waals surface area (Å²) in [5, 5.41) is 8.73. The SMILES string of the molecule is CN1CC(NCc2cc(-c3ccccc3F)n(S(=O)(=O)c3cccnc3)c2)Cc2ccc(S(N)(=O)=O)cc21. The van der Waals surface area contributed by atoms with Gasteiger partial charge in [0.15, 0.2) is 0 Å². The lowest BCUT2D eigenvalue weighted by Gasteiger charge is -2.34. The van der Waals surface area contributed by atoms with Gasteiger partial charge in [0.25, 0.3) is 10.0 Å². The highest BCUT2D eigenvalue weighted by Crippen LogP contribution is 2.31. The third-order valence-electron chi connectivity index (χ3n) is 6.54. The van der Waals surface area contributed by atoms with Gasteiger partial charge in [-0.1, -0.05) is 18.2 Å². The van der Waals surface area contributed by atoms with Crippen molar-refractivity contribution in [2.75, 3.05) is 18.5 Å². The largest absolute Gasteiger partial charge is 0.373 e. The number of rotatable bonds is 7. The Morgan fingerprint density at radius 1 is 1.05 bits per heavy atom. The van der Waals surface area contributed by atoms with Crippen LogP contribution in [0.1, 0.15) is 11.1 Å². The van der Waals surface area contributed by atoms with Crippen LogP contribution in [0.3, 0.4) is 0 Å². The molecular formula is C26H26FN5O4S2. The van der Waals surface area contributed by atoms with Gasteiger partial charge < -0.3 is 10.2 Å². The number of nitrogens with two attached hydrogens (primary N) is 1. The summed E-state index contributed by atoms with van der Waals surface area (Å²) in [5.74, 6) is -0.530. The number of benzene rings is 2. The summed E-state index contributed by atoms with van der Waals surface area (Å²) in [7, 11) is -5.97. The van der Waals surface area contributed by atoms with Gasteiger partial charge in [-0.25, -0.2) is 30.3 Å². The maximum atomic E-state index is 14.7. The maximum Gasteiger partial charge on any atom is 0.269 e. The minimum absolute atomic E-state index is 0.00271. The van der Waals surface area contributed by atoms with E-state index >= 15 is 0 Å². The molecule has 0 saturated heterocycles. The van der Waals surface area contributed by atoms with Crippen LogP contribution in [0.5, 0.6) is 0 Å². The van der Waals surface area contributed by atoms with Gasteiger partial charge in [0.05, 0.1) is 10.6 Å². The first kappa shape index (κ1) is 26.0. The average molecular weight is 556 g/mol. The highest BCUT2D eigenvalue weighted by atomic mass is 32.2. The van der Waals surface area contributed by atoms with Gasteiger partial charge >= 0.3 is 0 Å². The topological polar surface area (TPSA) is 127 Å². The molecule has 1 aliphatic rings. The molecule has 0 amide bonds. The number of hydrogen-bond donors (Lipinski definition) is 2. The summed E-state index contributed by atoms with van der Waals surface area (Å²) in [5.41, 5.74) is 2.81. The molecule has 0 aliphatic carbocycles. The fraction of sp³-hybridized carbons (Fsp3) is 0.192. The van der Waals surface area contributed by atoms with Crippen LogP contribution >= 0.6 is 0 Å². The molecule has 3 heterocycles. The minimum Gasteiger partial charge on any atom is -0.373 e. The smallest absolute Gasteiger partial charge is 0.269 e. The zero-order valence-electron chi connectivity index (χ0n) is 20.5. The monoisotopic (exact) mass is 555 g/mol. The second kappa shape index (κ2) is 9.95. The fourth-order valence-corrected chi connectivity index (χ4v) is 6.57. The zero-order chi connectivity index (χ0) is 27.1. The van der Waals surface area contributed by atoms with Gasteiger partial charge in [0.2, 0.25) is 10.0 Å². The summed E-state index contributed by atoms with van der Waals surface area (Å²) in [4.78, 5) is 5.93. The number of primary sulfonamides is 1. The first-order valence-electron chi connectivity index (χ1n) is 11.8. The molecular weight excluding hydrogens is 529 g/mol. The van der Waals surface area contributed by atoms with E-state index in [9.17, 15) is 21.2 Å². The van der Waals surface area contributed by atoms with Crippen molar-refractivity contribution in [3.8, 4) is 11.3 Å². The van der Waals surface area contributed by atoms with E-state index in [1.807, 2.05) is 11.9 Å². The Hall–Kier alpha value is -3.58. The van der Waals surface area contributed by atoms with Crippen molar-refractivity contribution >= 4 is 25.7 Å². The molecule has 2 aromatic carbocycles. The summed E-state index contributed by atoms with van der Waals surface area (Å²) in [6.07, 6.45) is 4.88. The van der Waals surface area contributed by atoms with E-state index in [0.717, 1.165) is 15.2 Å². The first-order valence-corrected chi connectivity index (χ1v) is 14.7. The quantitative estimate of drug-likeness (QED) is 0.359. The van der Waals surface area contributed by atoms with E-state index in [1.165, 1.54) is 42.9 Å². The predicted molar refractivity (Wildman–Crippen MR) is 142 cm³/mol. The molecule has 198 valence electrons. The van der Waals surface area contributed by atoms with Crippen LogP contribution in [0, 0.1) is 5.82 Å². The molecule has 38 heavy (non-hydrogen) atoms. The van der Waals surface area contributed by atoms with Crippen LogP contribution in [0.15, 0.2) is 89.0 Å². The third kappa shape index (κ3) is 5.07. The summed E-state index contributed by atoms with van der Waals surface area (Å²) in [6.45, 7) is 0.927. The number of pyridine rings is 1. The Morgan fingerprint density at radius 3 is 2.55 bits per heavy atom. The standard InChI is InChI=1S/C26H26FN5O4S2/c1-31-17-20(12-19-8-9-21(13-25(19)31)37(28,33)34)30-14-18-11-26(23-6-2-3-7-24(23)27)32(16-18)38(35,36)22-5-4-10-29-15-22/h2-11,13,15-16,20,30H,12,14,17H2,1H3,(H2,28,33,34). The number of halogens is 1. The Bertz CT molecular complexity index is 1710. The molecule has 9 nitrogen and oxygen atoms in total. The van der Waals surface area contributed by atoms with Crippen molar-refractivity contribution in [2.45, 2.75) is 28.8 Å². The van der Waals surface area contributed by atoms with E-state index < -0.39 is 25.9 Å². The summed E-state index contributed by atoms with van der Waals surface area (Å²) in [6, 6.07) is 15.5. The minimum atomic E-state index is -4.03. The zero-order valence-corrected chi connectivity index (χ0v) is 22.1. The number of nitrogens with one attached hydrogen (secondary N) is 1. The number of hydrogen-bond acceptors (Lipinski definition) is 7. The van der Waals surface area contributed by atoms with Crippen molar-refractivity contribution in [3.05, 3.63) is 96.2 Å². The Labute approximate surface area is 220 Å². The number of likely N-dealkylation sites (N-methyl/N-ethyl adjacent to an activating group) is 1. The highest BCUT2D eigenvalue weighted by molar-refractivity contribution is 7.90. The van der Waals surface area contributed by atoms with Crippen LogP contribution in [0.2, 0.25) is 0 Å². The molecule has 1 unspecified atom stereocenters. The van der Waals surface area contributed by atoms with Crippen LogP contribution < -0.4 is 15.4 Å². The molecule has 1 atom stereocenters. The van der Waals surface area contributed by atoms with Gasteiger partial charge in [-0.2, -0.15) is 0 Å². The Kier molecular flexibility index (Phi) is 6.82. The van der Waals surface area contributed by atoms with Gasteiger partial charge in [-0.3, -0.25) is 4.98 Å². The van der Waals surface area contributed by atoms with Crippen molar-refractivity contribution in [3.63, 3.8) is 0 Å². The van der Waals surface area contributed by atoms with E-state index in [2.05, 4.69) is 10.3 Å². The van der Waals surface area contributed by atoms with E-state index in [-0.39, 0.29) is 27.1 Å². The normalized spacial score (nSPS) is 15.9. The summed E-state index contributed by atoms with van der Waals surface area (Å²) < 4.78 is 66.2. The third-order valence-corrected chi connectivity index (χ3v) is 9.10. The Balaban J connectivity index is 1.43. The summed E-state index contributed by atoms with van der Waals surface area (Å²) >= 11 is 0. The molecule has 0 bridgehead atoms. The number of nitrogens with zero attached hydrogens (tertiary/aromatic N) is 3. The molecule has 0 radical (unpaired) electrons. The van der Waals surface area contributed by atoms with Gasteiger partial charge in [-0.15, -0.1) is 0 Å². The molecule has 1 aliphatic heterocycles. The number of aromatic nitrogens is 2. The van der Waals surface area contributed by atoms with Crippen LogP contribution in [-0.2, 0) is 33.0 Å². The molecule has 0 saturated carbocycles. The number of sulfonamides is 1. The second-order valence-electron chi connectivity index (χ2n) is 9.20. The van der Waals surface area contributed by atoms with E-state index in [0.29, 0.717) is 25.1 Å². The van der Waals surface area contributed by atoms with Crippen molar-refractivity contribution < 1.29 is 21.2 Å². The molecule has 5 rings (SSSR count). The lowest BCUT2D eigenvalue weighted by molar-refractivity contribution is 0.492. The van der Waals surface area contributed by atoms with Gasteiger partial charge in [0, 0.05) is 56.0 Å². The number of fused-ring (bicyclic) bond motifs is 1. The van der Waals surface area contributed by atoms with Crippen LogP contribution in [0.4, 0.5) is 10.1 Å². The lowest BCUT2D eigenvalue weighted by Crippen LogP contribution is -2.44. The molecule has 0 spiro atoms. The van der Waals surface area contributed by atoms with E-state index in [4.69, 9.17) is 5.14 Å². The van der Waals surface area contributed by atoms with Crippen molar-refractivity contribution in [2.24, 2.45) is 5.14 Å². The highest BCUT2D eigenvalue weighted by Gasteiger charge is 2.26. The molecule has 3 N–H and O–H groups in total. The molecule has 12 heteroatoms. The van der Waals surface area contributed by atoms with Gasteiger partial charge in [0.1, 0.15) is 10.7 Å². The van der Waals surface area contributed by atoms with E-state index in [1.54, 1.807) is 36.4 Å². The molecule has 2 aromatic heterocycles. The first-order chi connectivity index (χ1) is 18.0. The van der Waals surface area contributed by atoms with Gasteiger partial charge in [-0.05, 0) is 60.0 Å². The predicted octanol–water partition coefficient (Wildman–Crippen LogP) is 2.72. The molecule has 0 fully saturated rings. The average Bonchev–Trinajstić information content (AvgIpc) is 3.32. The lowest BCUT2D eigenvalue weighted by atomic mass is 9.98. The Morgan fingerprint density at radius 2 is 1.84 bits per heavy atom. The van der Waals surface area contributed by atoms with Crippen LogP contribution in [0.25, 0.3) is 11.3 Å². The van der Waals surface area contributed by atoms with Crippen molar-refractivity contribution in [1.29, 1.82) is 0 Å².